The Hall–Kier alpha value is -4.35. The van der Waals surface area contributed by atoms with Gasteiger partial charge >= 0.3 is 0 Å². The number of amides is 4. The second-order valence-electron chi connectivity index (χ2n) is 7.82. The first-order valence-electron chi connectivity index (χ1n) is 10.3. The van der Waals surface area contributed by atoms with Gasteiger partial charge in [0.25, 0.3) is 5.91 Å². The smallest absolute Gasteiger partial charge is 0.255 e. The molecule has 0 spiro atoms. The van der Waals surface area contributed by atoms with Crippen LogP contribution in [0.25, 0.3) is 11.5 Å². The van der Waals surface area contributed by atoms with Gasteiger partial charge in [-0.3, -0.25) is 24.5 Å². The van der Waals surface area contributed by atoms with E-state index in [1.54, 1.807) is 31.3 Å². The van der Waals surface area contributed by atoms with Crippen molar-refractivity contribution in [3.63, 3.8) is 0 Å². The summed E-state index contributed by atoms with van der Waals surface area (Å²) < 4.78 is 6.77. The zero-order chi connectivity index (χ0) is 23.1. The number of piperidine rings is 1. The summed E-state index contributed by atoms with van der Waals surface area (Å²) in [5.74, 6) is -0.549. The number of oxazole rings is 1. The molecule has 3 aromatic rings. The Bertz CT molecular complexity index is 1290. The first kappa shape index (κ1) is 20.5. The molecule has 12 heteroatoms. The van der Waals surface area contributed by atoms with Crippen LogP contribution in [0.1, 0.15) is 34.7 Å². The molecule has 4 amide bonds. The molecule has 2 aliphatic rings. The highest BCUT2D eigenvalue weighted by Gasteiger charge is 2.39. The lowest BCUT2D eigenvalue weighted by atomic mass is 10.0. The second-order valence-corrected chi connectivity index (χ2v) is 7.82. The van der Waals surface area contributed by atoms with E-state index in [-0.39, 0.29) is 43.7 Å². The number of imide groups is 1. The predicted octanol–water partition coefficient (Wildman–Crippen LogP) is 0.641. The van der Waals surface area contributed by atoms with Crippen molar-refractivity contribution in [2.75, 3.05) is 5.32 Å². The van der Waals surface area contributed by atoms with Gasteiger partial charge in [-0.2, -0.15) is 0 Å². The molecule has 5 rings (SSSR count). The number of carbonyl (C=O) groups excluding carboxylic acids is 4. The first-order chi connectivity index (χ1) is 15.9. The molecule has 1 atom stereocenters. The van der Waals surface area contributed by atoms with E-state index in [9.17, 15) is 19.2 Å². The fraction of sp³-hybridized carbons (Fsp3) is 0.286. The summed E-state index contributed by atoms with van der Waals surface area (Å²) in [6.07, 6.45) is 3.55. The quantitative estimate of drug-likeness (QED) is 0.538. The SMILES string of the molecule is Cc1ncc(-c2cn(CC(=O)Nc3cccc4c3CN(C3CCC(=O)NC3=O)C4=O)nn2)o1. The van der Waals surface area contributed by atoms with Crippen LogP contribution in [0.15, 0.2) is 35.0 Å². The molecule has 12 nitrogen and oxygen atoms in total. The van der Waals surface area contributed by atoms with E-state index in [0.717, 1.165) is 0 Å². The molecule has 4 heterocycles. The van der Waals surface area contributed by atoms with Crippen molar-refractivity contribution >= 4 is 29.3 Å². The third-order valence-corrected chi connectivity index (χ3v) is 5.57. The van der Waals surface area contributed by atoms with Gasteiger partial charge in [-0.1, -0.05) is 11.3 Å². The summed E-state index contributed by atoms with van der Waals surface area (Å²) in [5, 5.41) is 13.0. The third-order valence-electron chi connectivity index (χ3n) is 5.57. The Balaban J connectivity index is 1.29. The fourth-order valence-electron chi connectivity index (χ4n) is 4.01. The van der Waals surface area contributed by atoms with Crippen LogP contribution in [0.4, 0.5) is 5.69 Å². The number of carbonyl (C=O) groups is 4. The van der Waals surface area contributed by atoms with Crippen molar-refractivity contribution in [1.29, 1.82) is 0 Å². The topological polar surface area (TPSA) is 152 Å². The van der Waals surface area contributed by atoms with Gasteiger partial charge in [0.15, 0.2) is 11.7 Å². The van der Waals surface area contributed by atoms with Crippen LogP contribution in [0.5, 0.6) is 0 Å². The highest BCUT2D eigenvalue weighted by atomic mass is 16.4. The van der Waals surface area contributed by atoms with Crippen LogP contribution in [0.3, 0.4) is 0 Å². The van der Waals surface area contributed by atoms with Gasteiger partial charge < -0.3 is 14.6 Å². The van der Waals surface area contributed by atoms with Crippen molar-refractivity contribution < 1.29 is 23.6 Å². The largest absolute Gasteiger partial charge is 0.439 e. The van der Waals surface area contributed by atoms with Gasteiger partial charge in [-0.25, -0.2) is 9.67 Å². The average molecular weight is 449 g/mol. The lowest BCUT2D eigenvalue weighted by Crippen LogP contribution is -2.52. The van der Waals surface area contributed by atoms with Gasteiger partial charge in [-0.05, 0) is 18.6 Å². The number of aromatic nitrogens is 4. The Kier molecular flexibility index (Phi) is 4.96. The normalized spacial score (nSPS) is 17.8. The van der Waals surface area contributed by atoms with E-state index in [2.05, 4.69) is 25.9 Å². The Morgan fingerprint density at radius 1 is 1.30 bits per heavy atom. The van der Waals surface area contributed by atoms with Crippen molar-refractivity contribution in [3.8, 4) is 11.5 Å². The molecule has 168 valence electrons. The second kappa shape index (κ2) is 7.97. The van der Waals surface area contributed by atoms with Crippen LogP contribution in [0.2, 0.25) is 0 Å². The zero-order valence-electron chi connectivity index (χ0n) is 17.6. The number of fused-ring (bicyclic) bond motifs is 1. The molecule has 1 aromatic carbocycles. The third kappa shape index (κ3) is 3.86. The number of aryl methyl sites for hydroxylation is 1. The van der Waals surface area contributed by atoms with E-state index >= 15 is 0 Å². The molecule has 2 aliphatic heterocycles. The van der Waals surface area contributed by atoms with Crippen molar-refractivity contribution in [1.82, 2.24) is 30.2 Å². The van der Waals surface area contributed by atoms with Crippen LogP contribution in [-0.2, 0) is 27.5 Å². The van der Waals surface area contributed by atoms with E-state index in [0.29, 0.717) is 34.2 Å². The molecule has 1 unspecified atom stereocenters. The maximum absolute atomic E-state index is 12.9. The number of anilines is 1. The molecule has 0 saturated carbocycles. The minimum absolute atomic E-state index is 0.103. The summed E-state index contributed by atoms with van der Waals surface area (Å²) in [7, 11) is 0. The molecular formula is C21H19N7O5. The summed E-state index contributed by atoms with van der Waals surface area (Å²) in [6, 6.07) is 4.30. The van der Waals surface area contributed by atoms with Gasteiger partial charge in [0.2, 0.25) is 17.7 Å². The zero-order valence-corrected chi connectivity index (χ0v) is 17.6. The maximum Gasteiger partial charge on any atom is 0.255 e. The average Bonchev–Trinajstić information content (AvgIpc) is 3.48. The first-order valence-corrected chi connectivity index (χ1v) is 10.3. The van der Waals surface area contributed by atoms with Crippen molar-refractivity contribution in [2.24, 2.45) is 0 Å². The van der Waals surface area contributed by atoms with Crippen molar-refractivity contribution in [3.05, 3.63) is 47.6 Å². The molecule has 1 fully saturated rings. The Morgan fingerprint density at radius 2 is 2.15 bits per heavy atom. The Morgan fingerprint density at radius 3 is 2.91 bits per heavy atom. The van der Waals surface area contributed by atoms with Crippen LogP contribution in [0, 0.1) is 6.92 Å². The number of nitrogens with zero attached hydrogens (tertiary/aromatic N) is 5. The molecular weight excluding hydrogens is 430 g/mol. The van der Waals surface area contributed by atoms with Gasteiger partial charge in [-0.15, -0.1) is 5.10 Å². The van der Waals surface area contributed by atoms with E-state index < -0.39 is 11.9 Å². The van der Waals surface area contributed by atoms with E-state index in [1.165, 1.54) is 15.8 Å². The van der Waals surface area contributed by atoms with Crippen LogP contribution in [-0.4, -0.2) is 54.5 Å². The lowest BCUT2D eigenvalue weighted by Gasteiger charge is -2.29. The number of nitrogens with one attached hydrogen (secondary N) is 2. The molecule has 1 saturated heterocycles. The highest BCUT2D eigenvalue weighted by molar-refractivity contribution is 6.06. The van der Waals surface area contributed by atoms with Crippen LogP contribution >= 0.6 is 0 Å². The van der Waals surface area contributed by atoms with Gasteiger partial charge in [0.1, 0.15) is 18.3 Å². The number of rotatable bonds is 5. The maximum atomic E-state index is 12.9. The van der Waals surface area contributed by atoms with E-state index in [1.807, 2.05) is 0 Å². The molecule has 0 bridgehead atoms. The minimum Gasteiger partial charge on any atom is -0.439 e. The molecule has 2 aromatic heterocycles. The molecule has 0 radical (unpaired) electrons. The minimum atomic E-state index is -0.723. The summed E-state index contributed by atoms with van der Waals surface area (Å²) in [6.45, 7) is 1.77. The number of hydrogen-bond acceptors (Lipinski definition) is 8. The van der Waals surface area contributed by atoms with Crippen molar-refractivity contribution in [2.45, 2.75) is 38.9 Å². The lowest BCUT2D eigenvalue weighted by molar-refractivity contribution is -0.137. The van der Waals surface area contributed by atoms with Gasteiger partial charge in [0, 0.05) is 36.7 Å². The summed E-state index contributed by atoms with van der Waals surface area (Å²) >= 11 is 0. The number of benzene rings is 1. The summed E-state index contributed by atoms with van der Waals surface area (Å²) in [5.41, 5.74) is 1.97. The summed E-state index contributed by atoms with van der Waals surface area (Å²) in [4.78, 5) is 54.7. The van der Waals surface area contributed by atoms with Crippen LogP contribution < -0.4 is 10.6 Å². The highest BCUT2D eigenvalue weighted by Crippen LogP contribution is 2.32. The molecule has 0 aliphatic carbocycles. The standard InChI is InChI=1S/C21H19N7O5/c1-11-22-7-17(33-11)15-9-27(26-25-15)10-19(30)23-14-4-2-3-12-13(14)8-28(21(12)32)16-5-6-18(29)24-20(16)31/h2-4,7,9,16H,5-6,8,10H2,1H3,(H,23,30)(H,24,29,31). The number of hydrogen-bond donors (Lipinski definition) is 2. The molecule has 2 N–H and O–H groups in total. The fourth-order valence-corrected chi connectivity index (χ4v) is 4.01. The molecule has 33 heavy (non-hydrogen) atoms. The monoisotopic (exact) mass is 449 g/mol. The van der Waals surface area contributed by atoms with Gasteiger partial charge in [0.05, 0.1) is 12.4 Å². The Labute approximate surface area is 186 Å². The predicted molar refractivity (Wildman–Crippen MR) is 111 cm³/mol. The van der Waals surface area contributed by atoms with E-state index in [4.69, 9.17) is 4.42 Å².